The Bertz CT molecular complexity index is 2530. The third-order valence-electron chi connectivity index (χ3n) is 6.65. The fourth-order valence-electron chi connectivity index (χ4n) is 4.34. The number of hydrogen-bond donors (Lipinski definition) is 0. The number of nitrogens with zero attached hydrogens (tertiary/aromatic N) is 4. The van der Waals surface area contributed by atoms with E-state index < -0.39 is 81.3 Å². The van der Waals surface area contributed by atoms with Crippen molar-refractivity contribution in [1.82, 2.24) is 0 Å². The van der Waals surface area contributed by atoms with Crippen molar-refractivity contribution >= 4 is 87.5 Å². The van der Waals surface area contributed by atoms with E-state index in [0.29, 0.717) is 12.1 Å². The first kappa shape index (κ1) is 54.4. The zero-order chi connectivity index (χ0) is 38.8. The van der Waals surface area contributed by atoms with Gasteiger partial charge in [-0.3, -0.25) is 20.2 Å². The molecule has 0 aliphatic carbocycles. The Morgan fingerprint density at radius 2 is 0.643 bits per heavy atom. The fraction of sp³-hybridized carbons (Fsp3) is 0. The van der Waals surface area contributed by atoms with Gasteiger partial charge in [-0.2, -0.15) is 10.2 Å². The van der Waals surface area contributed by atoms with Crippen molar-refractivity contribution in [2.75, 3.05) is 0 Å². The van der Waals surface area contributed by atoms with E-state index in [1.54, 1.807) is 0 Å². The molecular formula is C28H16N4Na4O16S4. The van der Waals surface area contributed by atoms with Gasteiger partial charge in [0.25, 0.3) is 11.4 Å². The summed E-state index contributed by atoms with van der Waals surface area (Å²) in [5, 5.41) is 29.5. The van der Waals surface area contributed by atoms with Gasteiger partial charge < -0.3 is 18.2 Å². The van der Waals surface area contributed by atoms with Crippen molar-refractivity contribution in [1.29, 1.82) is 0 Å². The van der Waals surface area contributed by atoms with Crippen LogP contribution in [0.5, 0.6) is 0 Å². The van der Waals surface area contributed by atoms with Crippen LogP contribution in [-0.2, 0) is 40.5 Å². The van der Waals surface area contributed by atoms with Gasteiger partial charge in [0, 0.05) is 24.3 Å². The van der Waals surface area contributed by atoms with Gasteiger partial charge in [0.2, 0.25) is 0 Å². The molecule has 0 atom stereocenters. The number of rotatable bonds is 12. The first-order valence-electron chi connectivity index (χ1n) is 13.4. The minimum absolute atomic E-state index is 0. The molecule has 28 heteroatoms. The third-order valence-corrected chi connectivity index (χ3v) is 10.2. The van der Waals surface area contributed by atoms with E-state index in [4.69, 9.17) is 0 Å². The molecule has 4 rings (SSSR count). The molecule has 0 saturated carbocycles. The van der Waals surface area contributed by atoms with E-state index in [9.17, 15) is 72.1 Å². The van der Waals surface area contributed by atoms with Crippen LogP contribution >= 0.6 is 0 Å². The Hall–Kier alpha value is -1.60. The van der Waals surface area contributed by atoms with Crippen molar-refractivity contribution in [2.24, 2.45) is 10.2 Å². The molecule has 272 valence electrons. The van der Waals surface area contributed by atoms with Gasteiger partial charge >= 0.3 is 118 Å². The first-order chi connectivity index (χ1) is 23.9. The number of non-ortho nitro benzene ring substituents is 2. The van der Waals surface area contributed by atoms with Crippen LogP contribution in [0.15, 0.2) is 103 Å². The minimum atomic E-state index is -5.27. The third kappa shape index (κ3) is 14.6. The van der Waals surface area contributed by atoms with Gasteiger partial charge in [0.15, 0.2) is 0 Å². The number of hydrogen-bond acceptors (Lipinski definition) is 18. The van der Waals surface area contributed by atoms with Gasteiger partial charge in [-0.1, -0.05) is 36.4 Å². The first-order valence-corrected chi connectivity index (χ1v) is 19.0. The number of nitro groups is 2. The van der Waals surface area contributed by atoms with E-state index in [1.165, 1.54) is 0 Å². The average molecular weight is 885 g/mol. The molecule has 0 amide bonds. The second-order valence-corrected chi connectivity index (χ2v) is 15.5. The maximum atomic E-state index is 12.0. The van der Waals surface area contributed by atoms with Crippen LogP contribution in [-0.4, -0.2) is 61.7 Å². The quantitative estimate of drug-likeness (QED) is 0.0318. The van der Waals surface area contributed by atoms with E-state index in [0.717, 1.165) is 85.0 Å². The van der Waals surface area contributed by atoms with Crippen molar-refractivity contribution in [2.45, 2.75) is 19.6 Å². The Labute approximate surface area is 407 Å². The monoisotopic (exact) mass is 884 g/mol. The Balaban J connectivity index is 0.00000756. The molecule has 4 aromatic carbocycles. The van der Waals surface area contributed by atoms with Crippen molar-refractivity contribution < 1.29 is 180 Å². The number of nitro benzene ring substituents is 2. The minimum Gasteiger partial charge on any atom is -0.744 e. The Kier molecular flexibility index (Phi) is 21.0. The van der Waals surface area contributed by atoms with Gasteiger partial charge in [-0.25, -0.2) is 33.7 Å². The van der Waals surface area contributed by atoms with E-state index >= 15 is 0 Å². The van der Waals surface area contributed by atoms with Crippen LogP contribution < -0.4 is 118 Å². The second-order valence-electron chi connectivity index (χ2n) is 10.1. The number of benzene rings is 4. The smallest absolute Gasteiger partial charge is 0.744 e. The Morgan fingerprint density at radius 3 is 0.875 bits per heavy atom. The molecule has 0 aliphatic heterocycles. The molecule has 0 bridgehead atoms. The van der Waals surface area contributed by atoms with Gasteiger partial charge in [0.05, 0.1) is 40.8 Å². The molecule has 0 aliphatic rings. The molecule has 20 nitrogen and oxygen atoms in total. The summed E-state index contributed by atoms with van der Waals surface area (Å²) < 4.78 is 142. The van der Waals surface area contributed by atoms with E-state index in [-0.39, 0.29) is 152 Å². The zero-order valence-electron chi connectivity index (χ0n) is 29.2. The van der Waals surface area contributed by atoms with Crippen LogP contribution in [0.25, 0.3) is 24.3 Å². The topological polar surface area (TPSA) is 340 Å². The molecule has 0 radical (unpaired) electrons. The van der Waals surface area contributed by atoms with Crippen LogP contribution in [0.1, 0.15) is 22.3 Å². The summed E-state index contributed by atoms with van der Waals surface area (Å²) in [7, 11) is -21.0. The molecule has 0 unspecified atom stereocenters. The fourth-order valence-corrected chi connectivity index (χ4v) is 7.09. The molecule has 0 aromatic heterocycles. The van der Waals surface area contributed by atoms with E-state index in [2.05, 4.69) is 10.2 Å². The largest absolute Gasteiger partial charge is 1.00 e. The maximum Gasteiger partial charge on any atom is 1.00 e. The molecular weight excluding hydrogens is 869 g/mol. The molecule has 0 saturated heterocycles. The van der Waals surface area contributed by atoms with Crippen LogP contribution in [0.4, 0.5) is 22.7 Å². The predicted molar refractivity (Wildman–Crippen MR) is 173 cm³/mol. The van der Waals surface area contributed by atoms with Crippen LogP contribution in [0, 0.1) is 20.2 Å². The summed E-state index contributed by atoms with van der Waals surface area (Å²) in [6.07, 6.45) is 3.71. The van der Waals surface area contributed by atoms with Crippen molar-refractivity contribution in [3.63, 3.8) is 0 Å². The summed E-state index contributed by atoms with van der Waals surface area (Å²) in [5.74, 6) is 0. The molecule has 0 N–H and O–H groups in total. The maximum absolute atomic E-state index is 12.0. The summed E-state index contributed by atoms with van der Waals surface area (Å²) >= 11 is 0. The number of azo groups is 1. The predicted octanol–water partition coefficient (Wildman–Crippen LogP) is -8.11. The zero-order valence-corrected chi connectivity index (χ0v) is 40.5. The Morgan fingerprint density at radius 1 is 0.411 bits per heavy atom. The van der Waals surface area contributed by atoms with E-state index in [1.807, 2.05) is 0 Å². The summed E-state index contributed by atoms with van der Waals surface area (Å²) in [6, 6.07) is 10.4. The summed E-state index contributed by atoms with van der Waals surface area (Å²) in [6.45, 7) is 0. The molecule has 56 heavy (non-hydrogen) atoms. The molecule has 4 aromatic rings. The van der Waals surface area contributed by atoms with Crippen molar-refractivity contribution in [3.05, 3.63) is 115 Å². The molecule has 0 heterocycles. The van der Waals surface area contributed by atoms with Crippen LogP contribution in [0.3, 0.4) is 0 Å². The van der Waals surface area contributed by atoms with Crippen molar-refractivity contribution in [3.8, 4) is 0 Å². The van der Waals surface area contributed by atoms with Gasteiger partial charge in [-0.15, -0.1) is 0 Å². The van der Waals surface area contributed by atoms with Gasteiger partial charge in [-0.05, 0) is 58.7 Å². The average Bonchev–Trinajstić information content (AvgIpc) is 3.03. The normalized spacial score (nSPS) is 12.0. The molecule has 0 spiro atoms. The summed E-state index contributed by atoms with van der Waals surface area (Å²) in [4.78, 5) is 16.3. The SMILES string of the molecule is O=[N+]([O-])c1ccc(/C=C\c2ccc(N=Nc3ccc(/C=C/c4ccc([N+](=O)[O-])cc4S(=O)(=O)[O-])c(S(=O)(=O)[O-])c3)cc2S(=O)(=O)[O-])c(S(=O)(=O)[O-])c1.[Na+].[Na+].[Na+].[Na+]. The van der Waals surface area contributed by atoms with Gasteiger partial charge in [0.1, 0.15) is 40.5 Å². The second kappa shape index (κ2) is 21.6. The van der Waals surface area contributed by atoms with Crippen LogP contribution in [0.2, 0.25) is 0 Å². The standard InChI is InChI=1S/C28H20N4O16S4.4Na/c33-31(34)23-11-7-19(27(15-23)51(43,44)45)3-1-17-5-9-21(13-25(17)49(37,38)39)29-30-22-10-6-18(26(14-22)50(40,41)42)2-4-20-8-12-24(32(35)36)16-28(20)52(46,47)48;;;;/h1-16H,(H,37,38,39)(H,40,41,42)(H,43,44,45)(H,46,47,48);;;;/q;4*+1/p-4/b3-1-,4-2+,30-29?;;;;. The molecule has 0 fully saturated rings. The summed E-state index contributed by atoms with van der Waals surface area (Å²) in [5.41, 5.74) is -3.45.